The Kier molecular flexibility index (Phi) is 4.45. The first-order chi connectivity index (χ1) is 8.74. The maximum absolute atomic E-state index is 12.4. The van der Waals surface area contributed by atoms with Crippen LogP contribution in [0.4, 0.5) is 0 Å². The zero-order valence-electron chi connectivity index (χ0n) is 11.0. The minimum atomic E-state index is 0. The van der Waals surface area contributed by atoms with Crippen molar-refractivity contribution in [1.82, 2.24) is 10.2 Å². The van der Waals surface area contributed by atoms with Crippen LogP contribution in [0.1, 0.15) is 28.4 Å². The van der Waals surface area contributed by atoms with E-state index in [4.69, 9.17) is 4.74 Å². The average molecular weight is 283 g/mol. The van der Waals surface area contributed by atoms with Gasteiger partial charge in [-0.15, -0.1) is 12.4 Å². The van der Waals surface area contributed by atoms with Gasteiger partial charge in [-0.25, -0.2) is 0 Å². The first-order valence-electron chi connectivity index (χ1n) is 6.47. The Morgan fingerprint density at radius 2 is 2.16 bits per heavy atom. The molecule has 0 radical (unpaired) electrons. The average Bonchev–Trinajstić information content (AvgIpc) is 2.85. The number of nitrogens with zero attached hydrogens (tertiary/aromatic N) is 1. The lowest BCUT2D eigenvalue weighted by atomic mass is 10.1. The first kappa shape index (κ1) is 14.3. The van der Waals surface area contributed by atoms with Gasteiger partial charge >= 0.3 is 0 Å². The second-order valence-corrected chi connectivity index (χ2v) is 5.02. The highest BCUT2D eigenvalue weighted by Crippen LogP contribution is 2.19. The first-order valence-corrected chi connectivity index (χ1v) is 6.47. The number of carbonyl (C=O) groups excluding carboxylic acids is 1. The Labute approximate surface area is 119 Å². The van der Waals surface area contributed by atoms with Crippen LogP contribution in [0.3, 0.4) is 0 Å². The van der Waals surface area contributed by atoms with Gasteiger partial charge in [-0.2, -0.15) is 0 Å². The predicted molar refractivity (Wildman–Crippen MR) is 75.6 cm³/mol. The summed E-state index contributed by atoms with van der Waals surface area (Å²) >= 11 is 0. The van der Waals surface area contributed by atoms with E-state index in [0.717, 1.165) is 18.7 Å². The van der Waals surface area contributed by atoms with Gasteiger partial charge in [0.2, 0.25) is 0 Å². The molecule has 1 atom stereocenters. The van der Waals surface area contributed by atoms with Crippen LogP contribution in [0, 0.1) is 0 Å². The fourth-order valence-electron chi connectivity index (χ4n) is 2.61. The summed E-state index contributed by atoms with van der Waals surface area (Å²) in [5.41, 5.74) is 3.36. The van der Waals surface area contributed by atoms with Crippen molar-refractivity contribution in [2.75, 3.05) is 19.7 Å². The number of rotatable bonds is 1. The Morgan fingerprint density at radius 1 is 1.37 bits per heavy atom. The van der Waals surface area contributed by atoms with E-state index in [-0.39, 0.29) is 24.4 Å². The lowest BCUT2D eigenvalue weighted by Crippen LogP contribution is -2.44. The van der Waals surface area contributed by atoms with Crippen LogP contribution in [-0.4, -0.2) is 36.6 Å². The number of halogens is 1. The van der Waals surface area contributed by atoms with Gasteiger partial charge in [0.1, 0.15) is 0 Å². The quantitative estimate of drug-likeness (QED) is 0.850. The zero-order chi connectivity index (χ0) is 12.5. The topological polar surface area (TPSA) is 41.6 Å². The molecule has 1 aromatic rings. The van der Waals surface area contributed by atoms with Crippen molar-refractivity contribution in [1.29, 1.82) is 0 Å². The number of hydrogen-bond donors (Lipinski definition) is 1. The molecule has 0 aliphatic carbocycles. The Bertz CT molecular complexity index is 479. The van der Waals surface area contributed by atoms with Crippen LogP contribution in [0.25, 0.3) is 0 Å². The molecule has 1 amide bonds. The minimum absolute atomic E-state index is 0. The molecule has 5 heteroatoms. The van der Waals surface area contributed by atoms with Crippen LogP contribution in [0.2, 0.25) is 0 Å². The number of hydrogen-bond acceptors (Lipinski definition) is 3. The highest BCUT2D eigenvalue weighted by atomic mass is 35.5. The lowest BCUT2D eigenvalue weighted by molar-refractivity contribution is -0.0124. The molecule has 1 unspecified atom stereocenters. The maximum atomic E-state index is 12.4. The smallest absolute Gasteiger partial charge is 0.254 e. The molecule has 4 nitrogen and oxygen atoms in total. The van der Waals surface area contributed by atoms with E-state index in [9.17, 15) is 4.79 Å². The van der Waals surface area contributed by atoms with Gasteiger partial charge in [0.15, 0.2) is 0 Å². The zero-order valence-corrected chi connectivity index (χ0v) is 11.8. The fraction of sp³-hybridized carbons (Fsp3) is 0.500. The SMILES string of the molecule is CC1CN(C(=O)c2ccc3c(c2)CNC3)CCO1.Cl. The third-order valence-electron chi connectivity index (χ3n) is 3.61. The largest absolute Gasteiger partial charge is 0.375 e. The Morgan fingerprint density at radius 3 is 2.95 bits per heavy atom. The molecule has 3 rings (SSSR count). The molecule has 1 fully saturated rings. The number of benzene rings is 1. The van der Waals surface area contributed by atoms with Gasteiger partial charge in [0, 0.05) is 31.7 Å². The molecule has 19 heavy (non-hydrogen) atoms. The third-order valence-corrected chi connectivity index (χ3v) is 3.61. The molecule has 0 aromatic heterocycles. The van der Waals surface area contributed by atoms with E-state index in [0.29, 0.717) is 19.7 Å². The van der Waals surface area contributed by atoms with Crippen LogP contribution in [0.15, 0.2) is 18.2 Å². The highest BCUT2D eigenvalue weighted by Gasteiger charge is 2.23. The van der Waals surface area contributed by atoms with E-state index in [1.807, 2.05) is 24.0 Å². The van der Waals surface area contributed by atoms with Gasteiger partial charge in [0.25, 0.3) is 5.91 Å². The molecule has 0 spiro atoms. The Hall–Kier alpha value is -1.10. The highest BCUT2D eigenvalue weighted by molar-refractivity contribution is 5.94. The van der Waals surface area contributed by atoms with Gasteiger partial charge in [-0.1, -0.05) is 6.07 Å². The predicted octanol–water partition coefficient (Wildman–Crippen LogP) is 1.57. The number of ether oxygens (including phenoxy) is 1. The number of nitrogens with one attached hydrogen (secondary N) is 1. The second-order valence-electron chi connectivity index (χ2n) is 5.02. The Balaban J connectivity index is 0.00000133. The normalized spacial score (nSPS) is 21.7. The van der Waals surface area contributed by atoms with Crippen LogP contribution in [-0.2, 0) is 17.8 Å². The molecule has 2 aliphatic heterocycles. The van der Waals surface area contributed by atoms with Gasteiger partial charge in [-0.3, -0.25) is 4.79 Å². The van der Waals surface area contributed by atoms with Gasteiger partial charge in [-0.05, 0) is 30.2 Å². The van der Waals surface area contributed by atoms with Crippen LogP contribution in [0.5, 0.6) is 0 Å². The summed E-state index contributed by atoms with van der Waals surface area (Å²) in [6.07, 6.45) is 0.138. The number of fused-ring (bicyclic) bond motifs is 1. The maximum Gasteiger partial charge on any atom is 0.254 e. The molecular weight excluding hydrogens is 264 g/mol. The van der Waals surface area contributed by atoms with Crippen LogP contribution < -0.4 is 5.32 Å². The van der Waals surface area contributed by atoms with Crippen molar-refractivity contribution >= 4 is 18.3 Å². The number of carbonyl (C=O) groups is 1. The summed E-state index contributed by atoms with van der Waals surface area (Å²) in [5, 5.41) is 3.30. The number of morpholine rings is 1. The number of amides is 1. The van der Waals surface area contributed by atoms with Crippen molar-refractivity contribution in [3.05, 3.63) is 34.9 Å². The second kappa shape index (κ2) is 5.90. The molecule has 2 aliphatic rings. The van der Waals surface area contributed by atoms with Gasteiger partial charge < -0.3 is 15.0 Å². The van der Waals surface area contributed by atoms with E-state index in [1.165, 1.54) is 11.1 Å². The van der Waals surface area contributed by atoms with E-state index in [1.54, 1.807) is 0 Å². The molecule has 1 aromatic carbocycles. The van der Waals surface area contributed by atoms with Crippen LogP contribution >= 0.6 is 12.4 Å². The molecule has 104 valence electrons. The standard InChI is InChI=1S/C14H18N2O2.ClH/c1-10-9-16(4-5-18-10)14(17)11-2-3-12-7-15-8-13(12)6-11;/h2-3,6,10,15H,4-5,7-9H2,1H3;1H. The third kappa shape index (κ3) is 2.91. The lowest BCUT2D eigenvalue weighted by Gasteiger charge is -2.31. The van der Waals surface area contributed by atoms with Gasteiger partial charge in [0.05, 0.1) is 12.7 Å². The molecular formula is C14H19ClN2O2. The van der Waals surface area contributed by atoms with E-state index in [2.05, 4.69) is 11.4 Å². The van der Waals surface area contributed by atoms with Crippen molar-refractivity contribution < 1.29 is 9.53 Å². The molecule has 1 N–H and O–H groups in total. The summed E-state index contributed by atoms with van der Waals surface area (Å²) in [6, 6.07) is 6.03. The monoisotopic (exact) mass is 282 g/mol. The summed E-state index contributed by atoms with van der Waals surface area (Å²) in [4.78, 5) is 14.3. The van der Waals surface area contributed by atoms with Crippen molar-refractivity contribution in [3.8, 4) is 0 Å². The van der Waals surface area contributed by atoms with Crippen molar-refractivity contribution in [2.45, 2.75) is 26.1 Å². The summed E-state index contributed by atoms with van der Waals surface area (Å²) in [7, 11) is 0. The molecule has 0 bridgehead atoms. The summed E-state index contributed by atoms with van der Waals surface area (Å²) < 4.78 is 5.46. The van der Waals surface area contributed by atoms with E-state index < -0.39 is 0 Å². The fourth-order valence-corrected chi connectivity index (χ4v) is 2.61. The summed E-state index contributed by atoms with van der Waals surface area (Å²) in [5.74, 6) is 0.125. The molecule has 0 saturated carbocycles. The van der Waals surface area contributed by atoms with Crippen molar-refractivity contribution in [2.24, 2.45) is 0 Å². The summed E-state index contributed by atoms with van der Waals surface area (Å²) in [6.45, 7) is 5.81. The van der Waals surface area contributed by atoms with E-state index >= 15 is 0 Å². The minimum Gasteiger partial charge on any atom is -0.375 e. The molecule has 1 saturated heterocycles. The van der Waals surface area contributed by atoms with Crippen molar-refractivity contribution in [3.63, 3.8) is 0 Å². The molecule has 2 heterocycles.